The summed E-state index contributed by atoms with van der Waals surface area (Å²) < 4.78 is 88.5. The second-order valence-electron chi connectivity index (χ2n) is 3.84. The van der Waals surface area contributed by atoms with Crippen LogP contribution in [0, 0.1) is 0 Å². The standard InChI is InChI=1S/C9H13F6O4P/c10-6(9(14,15)7(11)8(12)13)4-2-1-3-5-19-20(16,17)18/h6H,1-5H2,(H2,16,17,18). The fourth-order valence-electron chi connectivity index (χ4n) is 1.23. The van der Waals surface area contributed by atoms with Crippen LogP contribution in [0.15, 0.2) is 11.9 Å². The molecule has 0 rings (SSSR count). The van der Waals surface area contributed by atoms with Crippen LogP contribution in [-0.2, 0) is 9.09 Å². The van der Waals surface area contributed by atoms with Crippen molar-refractivity contribution in [3.8, 4) is 0 Å². The van der Waals surface area contributed by atoms with Gasteiger partial charge in [-0.15, -0.1) is 0 Å². The zero-order valence-corrected chi connectivity index (χ0v) is 10.9. The molecule has 2 N–H and O–H groups in total. The van der Waals surface area contributed by atoms with Gasteiger partial charge in [0.05, 0.1) is 6.61 Å². The van der Waals surface area contributed by atoms with Crippen molar-refractivity contribution in [2.45, 2.75) is 37.8 Å². The molecule has 0 radical (unpaired) electrons. The van der Waals surface area contributed by atoms with E-state index in [1.807, 2.05) is 0 Å². The lowest BCUT2D eigenvalue weighted by Gasteiger charge is -2.18. The second kappa shape index (κ2) is 8.02. The van der Waals surface area contributed by atoms with Crippen molar-refractivity contribution in [2.75, 3.05) is 6.61 Å². The number of unbranched alkanes of at least 4 members (excludes halogenated alkanes) is 2. The molecule has 0 saturated carbocycles. The summed E-state index contributed by atoms with van der Waals surface area (Å²) >= 11 is 0. The first kappa shape index (κ1) is 19.4. The maximum atomic E-state index is 13.0. The molecule has 0 amide bonds. The van der Waals surface area contributed by atoms with Crippen molar-refractivity contribution in [3.63, 3.8) is 0 Å². The zero-order chi connectivity index (χ0) is 16.0. The van der Waals surface area contributed by atoms with Crippen molar-refractivity contribution < 1.29 is 45.2 Å². The molecular weight excluding hydrogens is 317 g/mol. The molecule has 0 aromatic heterocycles. The molecule has 0 aliphatic carbocycles. The Labute approximate surface area is 110 Å². The van der Waals surface area contributed by atoms with E-state index in [1.165, 1.54) is 0 Å². The third-order valence-corrected chi connectivity index (χ3v) is 2.73. The van der Waals surface area contributed by atoms with Gasteiger partial charge in [-0.25, -0.2) is 8.96 Å². The van der Waals surface area contributed by atoms with E-state index < -0.39 is 38.2 Å². The highest BCUT2D eigenvalue weighted by Gasteiger charge is 2.47. The summed E-state index contributed by atoms with van der Waals surface area (Å²) in [5, 5.41) is 0. The molecule has 120 valence electrons. The number of halogens is 6. The Bertz CT molecular complexity index is 379. The lowest BCUT2D eigenvalue weighted by Crippen LogP contribution is -2.31. The van der Waals surface area contributed by atoms with Crippen LogP contribution in [0.4, 0.5) is 26.3 Å². The number of hydrogen-bond donors (Lipinski definition) is 2. The molecule has 0 aromatic carbocycles. The van der Waals surface area contributed by atoms with Gasteiger partial charge in [0.2, 0.25) is 5.83 Å². The van der Waals surface area contributed by atoms with Gasteiger partial charge in [0, 0.05) is 0 Å². The van der Waals surface area contributed by atoms with E-state index in [0.717, 1.165) is 0 Å². The Morgan fingerprint density at radius 2 is 1.70 bits per heavy atom. The van der Waals surface area contributed by atoms with Gasteiger partial charge in [0.15, 0.2) is 6.17 Å². The Balaban J connectivity index is 4.03. The quantitative estimate of drug-likeness (QED) is 0.384. The van der Waals surface area contributed by atoms with Gasteiger partial charge in [-0.1, -0.05) is 12.8 Å². The first-order chi connectivity index (χ1) is 8.98. The SMILES string of the molecule is O=P(O)(O)OCCCCCC(F)C(F)(F)C(F)=C(F)F. The third kappa shape index (κ3) is 7.28. The van der Waals surface area contributed by atoms with Gasteiger partial charge in [-0.05, 0) is 12.8 Å². The van der Waals surface area contributed by atoms with Crippen molar-refractivity contribution in [2.24, 2.45) is 0 Å². The van der Waals surface area contributed by atoms with Crippen molar-refractivity contribution >= 4 is 7.82 Å². The number of phosphoric acid groups is 1. The Kier molecular flexibility index (Phi) is 7.79. The van der Waals surface area contributed by atoms with Crippen LogP contribution in [0.2, 0.25) is 0 Å². The highest BCUT2D eigenvalue weighted by atomic mass is 31.2. The van der Waals surface area contributed by atoms with E-state index in [2.05, 4.69) is 4.52 Å². The predicted octanol–water partition coefficient (Wildman–Crippen LogP) is 3.71. The molecule has 0 fully saturated rings. The first-order valence-corrected chi connectivity index (χ1v) is 6.94. The Morgan fingerprint density at radius 3 is 2.15 bits per heavy atom. The van der Waals surface area contributed by atoms with Crippen LogP contribution in [0.25, 0.3) is 0 Å². The highest BCUT2D eigenvalue weighted by molar-refractivity contribution is 7.46. The van der Waals surface area contributed by atoms with Crippen LogP contribution in [0.5, 0.6) is 0 Å². The van der Waals surface area contributed by atoms with Crippen LogP contribution >= 0.6 is 7.82 Å². The molecule has 1 atom stereocenters. The minimum Gasteiger partial charge on any atom is -0.303 e. The molecule has 0 saturated heterocycles. The predicted molar refractivity (Wildman–Crippen MR) is 56.7 cm³/mol. The Morgan fingerprint density at radius 1 is 1.15 bits per heavy atom. The third-order valence-electron chi connectivity index (χ3n) is 2.21. The average molecular weight is 330 g/mol. The van der Waals surface area contributed by atoms with Crippen LogP contribution in [-0.4, -0.2) is 28.5 Å². The molecule has 4 nitrogen and oxygen atoms in total. The molecule has 0 aromatic rings. The summed E-state index contributed by atoms with van der Waals surface area (Å²) in [6.45, 7) is -0.370. The molecule has 0 bridgehead atoms. The van der Waals surface area contributed by atoms with Gasteiger partial charge in [-0.2, -0.15) is 22.0 Å². The van der Waals surface area contributed by atoms with Gasteiger partial charge < -0.3 is 9.79 Å². The fourth-order valence-corrected chi connectivity index (χ4v) is 1.60. The molecule has 0 heterocycles. The number of alkyl halides is 3. The van der Waals surface area contributed by atoms with E-state index in [4.69, 9.17) is 9.79 Å². The van der Waals surface area contributed by atoms with E-state index in [9.17, 15) is 30.9 Å². The summed E-state index contributed by atoms with van der Waals surface area (Å²) in [6.07, 6.45) is -7.36. The molecule has 20 heavy (non-hydrogen) atoms. The van der Waals surface area contributed by atoms with E-state index in [1.54, 1.807) is 0 Å². The van der Waals surface area contributed by atoms with Gasteiger partial charge in [0.25, 0.3) is 0 Å². The van der Waals surface area contributed by atoms with Crippen LogP contribution in [0.1, 0.15) is 25.7 Å². The van der Waals surface area contributed by atoms with Crippen molar-refractivity contribution in [1.29, 1.82) is 0 Å². The fraction of sp³-hybridized carbons (Fsp3) is 0.778. The number of phosphoric ester groups is 1. The second-order valence-corrected chi connectivity index (χ2v) is 5.08. The van der Waals surface area contributed by atoms with Crippen molar-refractivity contribution in [3.05, 3.63) is 11.9 Å². The molecule has 0 aliphatic heterocycles. The largest absolute Gasteiger partial charge is 0.469 e. The zero-order valence-electron chi connectivity index (χ0n) is 10.0. The smallest absolute Gasteiger partial charge is 0.303 e. The molecule has 1 unspecified atom stereocenters. The number of allylic oxidation sites excluding steroid dienone is 1. The maximum absolute atomic E-state index is 13.0. The summed E-state index contributed by atoms with van der Waals surface area (Å²) in [7, 11) is -4.62. The van der Waals surface area contributed by atoms with Crippen LogP contribution < -0.4 is 0 Å². The number of hydrogen-bond acceptors (Lipinski definition) is 2. The molecule has 11 heteroatoms. The molecule has 0 aliphatic rings. The summed E-state index contributed by atoms with van der Waals surface area (Å²) in [4.78, 5) is 16.6. The minimum absolute atomic E-state index is 0.0409. The number of rotatable bonds is 9. The summed E-state index contributed by atoms with van der Waals surface area (Å²) in [5.41, 5.74) is 0. The monoisotopic (exact) mass is 330 g/mol. The van der Waals surface area contributed by atoms with Crippen LogP contribution in [0.3, 0.4) is 0 Å². The van der Waals surface area contributed by atoms with Crippen molar-refractivity contribution in [1.82, 2.24) is 0 Å². The normalized spacial score (nSPS) is 14.2. The molecule has 0 spiro atoms. The summed E-state index contributed by atoms with van der Waals surface area (Å²) in [6, 6.07) is 0. The maximum Gasteiger partial charge on any atom is 0.469 e. The van der Waals surface area contributed by atoms with E-state index in [0.29, 0.717) is 0 Å². The Hall–Kier alpha value is -0.570. The lowest BCUT2D eigenvalue weighted by atomic mass is 10.1. The van der Waals surface area contributed by atoms with Gasteiger partial charge >= 0.3 is 19.8 Å². The van der Waals surface area contributed by atoms with Gasteiger partial charge in [0.1, 0.15) is 0 Å². The highest BCUT2D eigenvalue weighted by Crippen LogP contribution is 2.37. The van der Waals surface area contributed by atoms with Gasteiger partial charge in [-0.3, -0.25) is 4.52 Å². The van der Waals surface area contributed by atoms with E-state index in [-0.39, 0.29) is 25.9 Å². The average Bonchev–Trinajstić information content (AvgIpc) is 2.30. The lowest BCUT2D eigenvalue weighted by molar-refractivity contribution is -0.0635. The van der Waals surface area contributed by atoms with E-state index >= 15 is 0 Å². The molecular formula is C9H13F6O4P. The summed E-state index contributed by atoms with van der Waals surface area (Å²) in [5.74, 6) is -7.98. The minimum atomic E-state index is -4.89. The first-order valence-electron chi connectivity index (χ1n) is 5.41. The topological polar surface area (TPSA) is 66.8 Å².